The molecule has 3 nitrogen and oxygen atoms in total. The van der Waals surface area contributed by atoms with Gasteiger partial charge in [0.15, 0.2) is 0 Å². The summed E-state index contributed by atoms with van der Waals surface area (Å²) in [6, 6.07) is 7.10. The van der Waals surface area contributed by atoms with E-state index in [1.54, 1.807) is 18.2 Å². The Labute approximate surface area is 125 Å². The van der Waals surface area contributed by atoms with Gasteiger partial charge in [0.05, 0.1) is 5.56 Å². The lowest BCUT2D eigenvalue weighted by Crippen LogP contribution is -2.47. The summed E-state index contributed by atoms with van der Waals surface area (Å²) < 4.78 is 13.6. The molecule has 4 heteroatoms. The highest BCUT2D eigenvalue weighted by Crippen LogP contribution is 2.26. The van der Waals surface area contributed by atoms with Crippen LogP contribution in [-0.4, -0.2) is 36.0 Å². The highest BCUT2D eigenvalue weighted by Gasteiger charge is 2.28. The average molecular weight is 290 g/mol. The SMILES string of the molecule is O=C(NC1CCN(C2CCCC2)CC1)c1ccccc1F. The van der Waals surface area contributed by atoms with Crippen LogP contribution in [-0.2, 0) is 0 Å². The van der Waals surface area contributed by atoms with Crippen LogP contribution in [0, 0.1) is 5.82 Å². The summed E-state index contributed by atoms with van der Waals surface area (Å²) in [5, 5.41) is 2.98. The number of carbonyl (C=O) groups excluding carboxylic acids is 1. The van der Waals surface area contributed by atoms with Crippen LogP contribution >= 0.6 is 0 Å². The highest BCUT2D eigenvalue weighted by molar-refractivity contribution is 5.94. The van der Waals surface area contributed by atoms with Crippen molar-refractivity contribution in [2.45, 2.75) is 50.6 Å². The summed E-state index contributed by atoms with van der Waals surface area (Å²) in [7, 11) is 0. The summed E-state index contributed by atoms with van der Waals surface area (Å²) in [5.41, 5.74) is 0.149. The fourth-order valence-corrected chi connectivity index (χ4v) is 3.59. The standard InChI is InChI=1S/C17H23FN2O/c18-16-8-4-3-7-15(16)17(21)19-13-9-11-20(12-10-13)14-5-1-2-6-14/h3-4,7-8,13-14H,1-2,5-6,9-12H2,(H,19,21). The van der Waals surface area contributed by atoms with Gasteiger partial charge in [-0.25, -0.2) is 4.39 Å². The summed E-state index contributed by atoms with van der Waals surface area (Å²) in [6.45, 7) is 2.10. The van der Waals surface area contributed by atoms with E-state index in [0.29, 0.717) is 0 Å². The molecule has 0 bridgehead atoms. The Morgan fingerprint density at radius 3 is 2.43 bits per heavy atom. The first-order chi connectivity index (χ1) is 10.2. The lowest BCUT2D eigenvalue weighted by molar-refractivity contribution is 0.0888. The van der Waals surface area contributed by atoms with E-state index in [4.69, 9.17) is 0 Å². The molecule has 21 heavy (non-hydrogen) atoms. The van der Waals surface area contributed by atoms with Gasteiger partial charge in [0.1, 0.15) is 5.82 Å². The third kappa shape index (κ3) is 3.43. The molecule has 2 fully saturated rings. The third-order valence-corrected chi connectivity index (χ3v) is 4.82. The van der Waals surface area contributed by atoms with Crippen molar-refractivity contribution in [3.05, 3.63) is 35.6 Å². The van der Waals surface area contributed by atoms with Crippen LogP contribution in [0.5, 0.6) is 0 Å². The molecule has 1 saturated carbocycles. The zero-order chi connectivity index (χ0) is 14.7. The minimum atomic E-state index is -0.446. The molecule has 0 atom stereocenters. The van der Waals surface area contributed by atoms with Gasteiger partial charge in [-0.2, -0.15) is 0 Å². The van der Waals surface area contributed by atoms with Gasteiger partial charge in [-0.15, -0.1) is 0 Å². The van der Waals surface area contributed by atoms with Crippen molar-refractivity contribution in [3.63, 3.8) is 0 Å². The largest absolute Gasteiger partial charge is 0.349 e. The molecule has 3 rings (SSSR count). The second kappa shape index (κ2) is 6.56. The van der Waals surface area contributed by atoms with E-state index < -0.39 is 5.82 Å². The van der Waals surface area contributed by atoms with E-state index in [-0.39, 0.29) is 17.5 Å². The Kier molecular flexibility index (Phi) is 4.54. The number of piperidine rings is 1. The molecule has 114 valence electrons. The molecule has 1 amide bonds. The van der Waals surface area contributed by atoms with Crippen LogP contribution in [0.15, 0.2) is 24.3 Å². The van der Waals surface area contributed by atoms with Crippen molar-refractivity contribution in [3.8, 4) is 0 Å². The maximum Gasteiger partial charge on any atom is 0.254 e. The minimum Gasteiger partial charge on any atom is -0.349 e. The molecule has 1 N–H and O–H groups in total. The molecule has 0 spiro atoms. The van der Waals surface area contributed by atoms with Crippen LogP contribution in [0.25, 0.3) is 0 Å². The van der Waals surface area contributed by atoms with E-state index in [1.165, 1.54) is 31.7 Å². The van der Waals surface area contributed by atoms with Crippen molar-refractivity contribution >= 4 is 5.91 Å². The normalized spacial score (nSPS) is 21.6. The van der Waals surface area contributed by atoms with Crippen molar-refractivity contribution in [2.75, 3.05) is 13.1 Å². The van der Waals surface area contributed by atoms with Gasteiger partial charge in [-0.1, -0.05) is 25.0 Å². The molecule has 1 heterocycles. The molecule has 0 radical (unpaired) electrons. The topological polar surface area (TPSA) is 32.3 Å². The van der Waals surface area contributed by atoms with E-state index in [1.807, 2.05) is 0 Å². The van der Waals surface area contributed by atoms with Gasteiger partial charge < -0.3 is 10.2 Å². The highest BCUT2D eigenvalue weighted by atomic mass is 19.1. The second-order valence-electron chi connectivity index (χ2n) is 6.20. The fourth-order valence-electron chi connectivity index (χ4n) is 3.59. The molecule has 0 unspecified atom stereocenters. The van der Waals surface area contributed by atoms with E-state index in [0.717, 1.165) is 32.0 Å². The van der Waals surface area contributed by atoms with Crippen LogP contribution in [0.3, 0.4) is 0 Å². The predicted molar refractivity (Wildman–Crippen MR) is 80.7 cm³/mol. The first kappa shape index (κ1) is 14.5. The van der Waals surface area contributed by atoms with Gasteiger partial charge in [0, 0.05) is 25.2 Å². The summed E-state index contributed by atoms with van der Waals surface area (Å²) in [5.74, 6) is -0.731. The molecule has 2 aliphatic rings. The van der Waals surface area contributed by atoms with Crippen LogP contribution in [0.2, 0.25) is 0 Å². The van der Waals surface area contributed by atoms with Crippen LogP contribution in [0.4, 0.5) is 4.39 Å². The van der Waals surface area contributed by atoms with Crippen LogP contribution < -0.4 is 5.32 Å². The number of nitrogens with zero attached hydrogens (tertiary/aromatic N) is 1. The van der Waals surface area contributed by atoms with Gasteiger partial charge in [-0.05, 0) is 37.8 Å². The molecule has 1 aromatic carbocycles. The van der Waals surface area contributed by atoms with Gasteiger partial charge >= 0.3 is 0 Å². The molecule has 0 aromatic heterocycles. The summed E-state index contributed by atoms with van der Waals surface area (Å²) in [4.78, 5) is 14.7. The first-order valence-electron chi connectivity index (χ1n) is 8.03. The monoisotopic (exact) mass is 290 g/mol. The quantitative estimate of drug-likeness (QED) is 0.928. The third-order valence-electron chi connectivity index (χ3n) is 4.82. The average Bonchev–Trinajstić information content (AvgIpc) is 3.02. The van der Waals surface area contributed by atoms with Gasteiger partial charge in [0.25, 0.3) is 5.91 Å². The lowest BCUT2D eigenvalue weighted by Gasteiger charge is -2.36. The number of rotatable bonds is 3. The Bertz CT molecular complexity index is 491. The van der Waals surface area contributed by atoms with E-state index in [2.05, 4.69) is 10.2 Å². The van der Waals surface area contributed by atoms with E-state index in [9.17, 15) is 9.18 Å². The smallest absolute Gasteiger partial charge is 0.254 e. The molecule has 1 aromatic rings. The number of hydrogen-bond acceptors (Lipinski definition) is 2. The summed E-state index contributed by atoms with van der Waals surface area (Å²) in [6.07, 6.45) is 7.30. The second-order valence-corrected chi connectivity index (χ2v) is 6.20. The number of benzene rings is 1. The predicted octanol–water partition coefficient (Wildman–Crippen LogP) is 2.96. The number of likely N-dealkylation sites (tertiary alicyclic amines) is 1. The number of amides is 1. The van der Waals surface area contributed by atoms with Crippen molar-refractivity contribution in [1.29, 1.82) is 0 Å². The van der Waals surface area contributed by atoms with Gasteiger partial charge in [0.2, 0.25) is 0 Å². The Morgan fingerprint density at radius 1 is 1.10 bits per heavy atom. The first-order valence-corrected chi connectivity index (χ1v) is 8.03. The van der Waals surface area contributed by atoms with Crippen LogP contribution in [0.1, 0.15) is 48.9 Å². The van der Waals surface area contributed by atoms with Crippen molar-refractivity contribution < 1.29 is 9.18 Å². The molecule has 1 aliphatic carbocycles. The zero-order valence-electron chi connectivity index (χ0n) is 12.4. The Balaban J connectivity index is 1.51. The molecule has 1 aliphatic heterocycles. The number of carbonyl (C=O) groups is 1. The van der Waals surface area contributed by atoms with Crippen molar-refractivity contribution in [2.24, 2.45) is 0 Å². The molecular formula is C17H23FN2O. The zero-order valence-corrected chi connectivity index (χ0v) is 12.4. The fraction of sp³-hybridized carbons (Fsp3) is 0.588. The van der Waals surface area contributed by atoms with Crippen molar-refractivity contribution in [1.82, 2.24) is 10.2 Å². The van der Waals surface area contributed by atoms with Gasteiger partial charge in [-0.3, -0.25) is 4.79 Å². The molecular weight excluding hydrogens is 267 g/mol. The lowest BCUT2D eigenvalue weighted by atomic mass is 10.0. The number of hydrogen-bond donors (Lipinski definition) is 1. The minimum absolute atomic E-state index is 0.149. The molecule has 1 saturated heterocycles. The number of halogens is 1. The Morgan fingerprint density at radius 2 is 1.76 bits per heavy atom. The number of nitrogens with one attached hydrogen (secondary N) is 1. The Hall–Kier alpha value is -1.42. The maximum absolute atomic E-state index is 13.6. The maximum atomic E-state index is 13.6. The summed E-state index contributed by atoms with van der Waals surface area (Å²) >= 11 is 0. The van der Waals surface area contributed by atoms with E-state index >= 15 is 0 Å².